The summed E-state index contributed by atoms with van der Waals surface area (Å²) in [5.41, 5.74) is 1.75. The first-order chi connectivity index (χ1) is 11.2. The highest BCUT2D eigenvalue weighted by Crippen LogP contribution is 2.26. The van der Waals surface area contributed by atoms with Crippen LogP contribution in [-0.2, 0) is 9.63 Å². The fraction of sp³-hybridized carbons (Fsp3) is 0.905. The molecule has 0 saturated heterocycles. The van der Waals surface area contributed by atoms with E-state index in [1.165, 1.54) is 0 Å². The molecular formula is C21H42N2O2. The van der Waals surface area contributed by atoms with Gasteiger partial charge in [0.25, 0.3) is 0 Å². The molecule has 0 aliphatic heterocycles. The van der Waals surface area contributed by atoms with Crippen LogP contribution in [0.1, 0.15) is 94.4 Å². The molecule has 0 atom stereocenters. The van der Waals surface area contributed by atoms with Crippen LogP contribution in [0.2, 0.25) is 0 Å². The largest absolute Gasteiger partial charge is 0.396 e. The van der Waals surface area contributed by atoms with Crippen LogP contribution in [0.3, 0.4) is 0 Å². The lowest BCUT2D eigenvalue weighted by Crippen LogP contribution is -2.27. The molecule has 0 spiro atoms. The van der Waals surface area contributed by atoms with Crippen molar-refractivity contribution >= 4 is 11.6 Å². The van der Waals surface area contributed by atoms with Gasteiger partial charge in [0.2, 0.25) is 5.91 Å². The molecule has 0 unspecified atom stereocenters. The second-order valence-electron chi connectivity index (χ2n) is 10.7. The molecule has 0 aromatic carbocycles. The maximum atomic E-state index is 11.8. The lowest BCUT2D eigenvalue weighted by Gasteiger charge is -2.24. The predicted octanol–water partition coefficient (Wildman–Crippen LogP) is 5.56. The Labute approximate surface area is 156 Å². The van der Waals surface area contributed by atoms with Crippen LogP contribution >= 0.6 is 0 Å². The van der Waals surface area contributed by atoms with Crippen LogP contribution in [0, 0.1) is 16.2 Å². The quantitative estimate of drug-likeness (QED) is 0.334. The molecule has 0 radical (unpaired) electrons. The minimum atomic E-state index is 0.0986. The van der Waals surface area contributed by atoms with E-state index in [1.807, 2.05) is 0 Å². The third-order valence-electron chi connectivity index (χ3n) is 3.50. The zero-order chi connectivity index (χ0) is 19.7. The summed E-state index contributed by atoms with van der Waals surface area (Å²) >= 11 is 0. The molecule has 148 valence electrons. The maximum absolute atomic E-state index is 11.8. The van der Waals surface area contributed by atoms with E-state index < -0.39 is 0 Å². The van der Waals surface area contributed by atoms with Crippen molar-refractivity contribution in [2.75, 3.05) is 13.2 Å². The van der Waals surface area contributed by atoms with Crippen LogP contribution in [0.25, 0.3) is 0 Å². The van der Waals surface area contributed by atoms with Crippen molar-refractivity contribution in [1.82, 2.24) is 5.32 Å². The Bertz CT molecular complexity index is 403. The average molecular weight is 355 g/mol. The minimum Gasteiger partial charge on any atom is -0.396 e. The van der Waals surface area contributed by atoms with Gasteiger partial charge in [-0.2, -0.15) is 0 Å². The molecule has 0 heterocycles. The number of carbonyl (C=O) groups is 1. The van der Waals surface area contributed by atoms with Gasteiger partial charge in [0, 0.05) is 13.0 Å². The van der Waals surface area contributed by atoms with Crippen LogP contribution in [-0.4, -0.2) is 24.8 Å². The molecule has 0 rings (SSSR count). The SMILES string of the molecule is CC(C)(C)CCNC(=O)CCCON=C(CC(C)(C)C)CC(C)(C)C. The van der Waals surface area contributed by atoms with E-state index in [1.54, 1.807) is 0 Å². The lowest BCUT2D eigenvalue weighted by atomic mass is 9.82. The molecule has 1 N–H and O–H groups in total. The van der Waals surface area contributed by atoms with E-state index in [4.69, 9.17) is 4.84 Å². The number of carbonyl (C=O) groups excluding carboxylic acids is 1. The molecule has 0 fully saturated rings. The summed E-state index contributed by atoms with van der Waals surface area (Å²) in [6.45, 7) is 21.1. The third kappa shape index (κ3) is 17.6. The first-order valence-corrected chi connectivity index (χ1v) is 9.62. The van der Waals surface area contributed by atoms with Crippen LogP contribution < -0.4 is 5.32 Å². The Balaban J connectivity index is 4.17. The van der Waals surface area contributed by atoms with E-state index in [0.717, 1.165) is 31.5 Å². The van der Waals surface area contributed by atoms with Crippen molar-refractivity contribution in [2.45, 2.75) is 94.4 Å². The summed E-state index contributed by atoms with van der Waals surface area (Å²) < 4.78 is 0. The zero-order valence-electron chi connectivity index (χ0n) is 18.2. The van der Waals surface area contributed by atoms with Crippen molar-refractivity contribution in [3.63, 3.8) is 0 Å². The summed E-state index contributed by atoms with van der Waals surface area (Å²) in [5.74, 6) is 0.0986. The highest BCUT2D eigenvalue weighted by atomic mass is 16.6. The first-order valence-electron chi connectivity index (χ1n) is 9.62. The molecule has 0 aromatic heterocycles. The molecular weight excluding hydrogens is 312 g/mol. The van der Waals surface area contributed by atoms with Gasteiger partial charge in [-0.1, -0.05) is 67.5 Å². The smallest absolute Gasteiger partial charge is 0.220 e. The van der Waals surface area contributed by atoms with E-state index in [0.29, 0.717) is 19.4 Å². The number of nitrogens with one attached hydrogen (secondary N) is 1. The Morgan fingerprint density at radius 2 is 1.40 bits per heavy atom. The Morgan fingerprint density at radius 3 is 1.84 bits per heavy atom. The van der Waals surface area contributed by atoms with Gasteiger partial charge in [0.05, 0.1) is 5.71 Å². The van der Waals surface area contributed by atoms with E-state index in [-0.39, 0.29) is 22.2 Å². The number of nitrogens with zero attached hydrogens (tertiary/aromatic N) is 1. The number of rotatable bonds is 9. The highest BCUT2D eigenvalue weighted by molar-refractivity contribution is 5.85. The average Bonchev–Trinajstić information content (AvgIpc) is 2.32. The fourth-order valence-electron chi connectivity index (χ4n) is 2.45. The van der Waals surface area contributed by atoms with Crippen molar-refractivity contribution in [1.29, 1.82) is 0 Å². The van der Waals surface area contributed by atoms with Gasteiger partial charge in [-0.3, -0.25) is 4.79 Å². The summed E-state index contributed by atoms with van der Waals surface area (Å²) in [5, 5.41) is 7.34. The first kappa shape index (κ1) is 23.9. The standard InChI is InChI=1S/C21H42N2O2/c1-19(2,3)12-13-22-18(24)11-10-14-25-23-17(15-20(4,5)6)16-21(7,8)9/h10-16H2,1-9H3,(H,22,24). The normalized spacial score (nSPS) is 12.7. The van der Waals surface area contributed by atoms with E-state index in [9.17, 15) is 4.79 Å². The second-order valence-corrected chi connectivity index (χ2v) is 10.7. The Hall–Kier alpha value is -1.06. The van der Waals surface area contributed by atoms with Gasteiger partial charge < -0.3 is 10.2 Å². The Kier molecular flexibility index (Phi) is 9.75. The molecule has 0 aliphatic carbocycles. The summed E-state index contributed by atoms with van der Waals surface area (Å²) in [6.07, 6.45) is 4.04. The second kappa shape index (κ2) is 10.2. The van der Waals surface area contributed by atoms with E-state index >= 15 is 0 Å². The molecule has 25 heavy (non-hydrogen) atoms. The molecule has 0 aliphatic rings. The molecule has 0 bridgehead atoms. The monoisotopic (exact) mass is 354 g/mol. The molecule has 4 nitrogen and oxygen atoms in total. The van der Waals surface area contributed by atoms with Crippen LogP contribution in [0.5, 0.6) is 0 Å². The van der Waals surface area contributed by atoms with Gasteiger partial charge in [0.1, 0.15) is 6.61 Å². The van der Waals surface area contributed by atoms with Crippen molar-refractivity contribution < 1.29 is 9.63 Å². The number of hydrogen-bond acceptors (Lipinski definition) is 3. The zero-order valence-corrected chi connectivity index (χ0v) is 18.2. The van der Waals surface area contributed by atoms with Crippen LogP contribution in [0.15, 0.2) is 5.16 Å². The lowest BCUT2D eigenvalue weighted by molar-refractivity contribution is -0.121. The molecule has 0 aromatic rings. The van der Waals surface area contributed by atoms with Gasteiger partial charge in [-0.05, 0) is 41.9 Å². The van der Waals surface area contributed by atoms with Crippen molar-refractivity contribution in [3.05, 3.63) is 0 Å². The summed E-state index contributed by atoms with van der Waals surface area (Å²) in [4.78, 5) is 17.3. The highest BCUT2D eigenvalue weighted by Gasteiger charge is 2.20. The Morgan fingerprint density at radius 1 is 0.880 bits per heavy atom. The molecule has 1 amide bonds. The molecule has 0 saturated carbocycles. The predicted molar refractivity (Wildman–Crippen MR) is 108 cm³/mol. The van der Waals surface area contributed by atoms with Crippen molar-refractivity contribution in [3.8, 4) is 0 Å². The van der Waals surface area contributed by atoms with Gasteiger partial charge >= 0.3 is 0 Å². The van der Waals surface area contributed by atoms with Gasteiger partial charge in [-0.25, -0.2) is 0 Å². The number of amides is 1. The van der Waals surface area contributed by atoms with Gasteiger partial charge in [-0.15, -0.1) is 0 Å². The fourth-order valence-corrected chi connectivity index (χ4v) is 2.45. The molecule has 4 heteroatoms. The number of oxime groups is 1. The third-order valence-corrected chi connectivity index (χ3v) is 3.50. The van der Waals surface area contributed by atoms with E-state index in [2.05, 4.69) is 72.8 Å². The summed E-state index contributed by atoms with van der Waals surface area (Å²) in [6, 6.07) is 0. The van der Waals surface area contributed by atoms with Crippen molar-refractivity contribution in [2.24, 2.45) is 21.4 Å². The summed E-state index contributed by atoms with van der Waals surface area (Å²) in [7, 11) is 0. The van der Waals surface area contributed by atoms with Crippen LogP contribution in [0.4, 0.5) is 0 Å². The maximum Gasteiger partial charge on any atom is 0.220 e. The topological polar surface area (TPSA) is 50.7 Å². The number of hydrogen-bond donors (Lipinski definition) is 1. The minimum absolute atomic E-state index is 0.0986. The van der Waals surface area contributed by atoms with Gasteiger partial charge in [0.15, 0.2) is 0 Å².